The van der Waals surface area contributed by atoms with Gasteiger partial charge in [-0.3, -0.25) is 9.59 Å². The zero-order chi connectivity index (χ0) is 21.4. The van der Waals surface area contributed by atoms with E-state index in [2.05, 4.69) is 5.32 Å². The molecule has 0 atom stereocenters. The molecule has 0 aliphatic carbocycles. The Kier molecular flexibility index (Phi) is 4.99. The number of ether oxygens (including phenoxy) is 1. The number of halogens is 1. The van der Waals surface area contributed by atoms with Crippen molar-refractivity contribution < 1.29 is 18.3 Å². The summed E-state index contributed by atoms with van der Waals surface area (Å²) in [6.07, 6.45) is 0. The average Bonchev–Trinajstić information content (AvgIpc) is 2.68. The number of benzene rings is 3. The van der Waals surface area contributed by atoms with Crippen molar-refractivity contribution in [1.82, 2.24) is 0 Å². The van der Waals surface area contributed by atoms with Crippen molar-refractivity contribution in [2.75, 3.05) is 11.9 Å². The number of hydrogen-bond donors (Lipinski definition) is 1. The molecule has 30 heavy (non-hydrogen) atoms. The molecule has 152 valence electrons. The minimum absolute atomic E-state index is 0.105. The molecule has 0 spiro atoms. The van der Waals surface area contributed by atoms with Gasteiger partial charge in [0.25, 0.3) is 5.91 Å². The van der Waals surface area contributed by atoms with Crippen LogP contribution in [0.25, 0.3) is 21.9 Å². The van der Waals surface area contributed by atoms with Crippen molar-refractivity contribution >= 4 is 33.5 Å². The highest BCUT2D eigenvalue weighted by atomic mass is 19.1. The Morgan fingerprint density at radius 1 is 1.03 bits per heavy atom. The van der Waals surface area contributed by atoms with Crippen molar-refractivity contribution in [2.45, 2.75) is 20.8 Å². The first-order chi connectivity index (χ1) is 14.3. The first kappa shape index (κ1) is 19.6. The summed E-state index contributed by atoms with van der Waals surface area (Å²) in [4.78, 5) is 24.9. The molecule has 0 aliphatic heterocycles. The average molecular weight is 405 g/mol. The third kappa shape index (κ3) is 3.64. The number of aryl methyl sites for hydroxylation is 3. The van der Waals surface area contributed by atoms with Crippen LogP contribution in [-0.4, -0.2) is 12.5 Å². The molecule has 0 saturated carbocycles. The van der Waals surface area contributed by atoms with Gasteiger partial charge in [0, 0.05) is 11.8 Å². The van der Waals surface area contributed by atoms with Gasteiger partial charge < -0.3 is 14.5 Å². The second-order valence-corrected chi connectivity index (χ2v) is 7.32. The lowest BCUT2D eigenvalue weighted by molar-refractivity contribution is -0.118. The van der Waals surface area contributed by atoms with Crippen LogP contribution in [0.1, 0.15) is 16.7 Å². The van der Waals surface area contributed by atoms with Gasteiger partial charge in [0.1, 0.15) is 11.3 Å². The highest BCUT2D eigenvalue weighted by Gasteiger charge is 2.13. The van der Waals surface area contributed by atoms with Gasteiger partial charge >= 0.3 is 0 Å². The number of fused-ring (bicyclic) bond motifs is 2. The number of para-hydroxylation sites is 1. The zero-order valence-electron chi connectivity index (χ0n) is 16.8. The highest BCUT2D eigenvalue weighted by molar-refractivity contribution is 5.96. The summed E-state index contributed by atoms with van der Waals surface area (Å²) in [5.74, 6) is -0.288. The Labute approximate surface area is 172 Å². The summed E-state index contributed by atoms with van der Waals surface area (Å²) in [7, 11) is 0. The lowest BCUT2D eigenvalue weighted by atomic mass is 10.1. The summed E-state index contributed by atoms with van der Waals surface area (Å²) in [6, 6.07) is 12.9. The first-order valence-electron chi connectivity index (χ1n) is 9.49. The predicted molar refractivity (Wildman–Crippen MR) is 115 cm³/mol. The molecule has 6 heteroatoms. The third-order valence-electron chi connectivity index (χ3n) is 4.89. The molecule has 0 radical (unpaired) electrons. The fourth-order valence-corrected chi connectivity index (χ4v) is 3.65. The maximum atomic E-state index is 14.0. The Balaban J connectivity index is 1.57. The van der Waals surface area contributed by atoms with E-state index in [4.69, 9.17) is 9.15 Å². The van der Waals surface area contributed by atoms with Crippen LogP contribution < -0.4 is 15.5 Å². The number of carbonyl (C=O) groups is 1. The predicted octanol–water partition coefficient (Wildman–Crippen LogP) is 5.03. The monoisotopic (exact) mass is 405 g/mol. The van der Waals surface area contributed by atoms with Gasteiger partial charge in [-0.2, -0.15) is 0 Å². The van der Waals surface area contributed by atoms with Crippen LogP contribution in [0, 0.1) is 26.6 Å². The molecule has 4 aromatic rings. The smallest absolute Gasteiger partial charge is 0.262 e. The van der Waals surface area contributed by atoms with Crippen LogP contribution in [-0.2, 0) is 4.79 Å². The molecule has 1 heterocycles. The van der Waals surface area contributed by atoms with Crippen molar-refractivity contribution in [3.63, 3.8) is 0 Å². The molecule has 0 aliphatic rings. The molecule has 0 saturated heterocycles. The molecule has 4 rings (SSSR count). The largest absolute Gasteiger partial charge is 0.483 e. The topological polar surface area (TPSA) is 68.5 Å². The summed E-state index contributed by atoms with van der Waals surface area (Å²) < 4.78 is 25.3. The van der Waals surface area contributed by atoms with Crippen molar-refractivity contribution in [3.8, 4) is 5.75 Å². The minimum Gasteiger partial charge on any atom is -0.483 e. The Hall–Kier alpha value is -3.67. The number of amides is 1. The van der Waals surface area contributed by atoms with Crippen molar-refractivity contribution in [3.05, 3.63) is 81.3 Å². The van der Waals surface area contributed by atoms with Gasteiger partial charge in [0.2, 0.25) is 5.43 Å². The third-order valence-corrected chi connectivity index (χ3v) is 4.89. The fraction of sp³-hybridized carbons (Fsp3) is 0.167. The summed E-state index contributed by atoms with van der Waals surface area (Å²) >= 11 is 0. The fourth-order valence-electron chi connectivity index (χ4n) is 3.65. The quantitative estimate of drug-likeness (QED) is 0.484. The molecule has 0 bridgehead atoms. The van der Waals surface area contributed by atoms with E-state index < -0.39 is 5.82 Å². The number of hydrogen-bond acceptors (Lipinski definition) is 4. The molecular weight excluding hydrogens is 385 g/mol. The van der Waals surface area contributed by atoms with Crippen molar-refractivity contribution in [1.29, 1.82) is 0 Å². The second kappa shape index (κ2) is 7.63. The summed E-state index contributed by atoms with van der Waals surface area (Å²) in [6.45, 7) is 5.70. The Morgan fingerprint density at radius 2 is 1.77 bits per heavy atom. The van der Waals surface area contributed by atoms with E-state index in [-0.39, 0.29) is 34.5 Å². The molecule has 0 unspecified atom stereocenters. The number of carbonyl (C=O) groups excluding carboxylic acids is 1. The van der Waals surface area contributed by atoms with Gasteiger partial charge in [-0.05, 0) is 56.2 Å². The van der Waals surface area contributed by atoms with E-state index in [1.807, 2.05) is 32.9 Å². The zero-order valence-corrected chi connectivity index (χ0v) is 16.8. The summed E-state index contributed by atoms with van der Waals surface area (Å²) in [5.41, 5.74) is 3.24. The number of anilines is 1. The Bertz CT molecular complexity index is 1330. The normalized spacial score (nSPS) is 11.1. The SMILES string of the molecule is Cc1cc(C)c(OCC(=O)Nc2ccc3c(=O)c4cccc(F)c4oc3c2)c(C)c1. The van der Waals surface area contributed by atoms with E-state index in [1.54, 1.807) is 12.1 Å². The van der Waals surface area contributed by atoms with Gasteiger partial charge in [-0.1, -0.05) is 23.8 Å². The molecule has 1 aromatic heterocycles. The lowest BCUT2D eigenvalue weighted by Crippen LogP contribution is -2.20. The van der Waals surface area contributed by atoms with Gasteiger partial charge in [-0.25, -0.2) is 4.39 Å². The van der Waals surface area contributed by atoms with E-state index in [0.29, 0.717) is 16.8 Å². The van der Waals surface area contributed by atoms with E-state index in [9.17, 15) is 14.0 Å². The maximum absolute atomic E-state index is 14.0. The van der Waals surface area contributed by atoms with Gasteiger partial charge in [-0.15, -0.1) is 0 Å². The van der Waals surface area contributed by atoms with Crippen molar-refractivity contribution in [2.24, 2.45) is 0 Å². The first-order valence-corrected chi connectivity index (χ1v) is 9.49. The van der Waals surface area contributed by atoms with Crippen LogP contribution in [0.3, 0.4) is 0 Å². The summed E-state index contributed by atoms with van der Waals surface area (Å²) in [5, 5.41) is 3.21. The minimum atomic E-state index is -0.613. The second-order valence-electron chi connectivity index (χ2n) is 7.32. The lowest BCUT2D eigenvalue weighted by Gasteiger charge is -2.13. The van der Waals surface area contributed by atoms with Gasteiger partial charge in [0.15, 0.2) is 18.0 Å². The number of rotatable bonds is 4. The van der Waals surface area contributed by atoms with E-state index in [0.717, 1.165) is 16.7 Å². The van der Waals surface area contributed by atoms with Crippen LogP contribution in [0.2, 0.25) is 0 Å². The maximum Gasteiger partial charge on any atom is 0.262 e. The van der Waals surface area contributed by atoms with Gasteiger partial charge in [0.05, 0.1) is 10.8 Å². The highest BCUT2D eigenvalue weighted by Crippen LogP contribution is 2.25. The van der Waals surface area contributed by atoms with E-state index >= 15 is 0 Å². The van der Waals surface area contributed by atoms with Crippen LogP contribution in [0.5, 0.6) is 5.75 Å². The molecule has 1 amide bonds. The standard InChI is InChI=1S/C24H20FNO4/c1-13-9-14(2)23(15(3)10-13)29-12-21(27)26-16-7-8-17-20(11-16)30-24-18(22(17)28)5-4-6-19(24)25/h4-11H,12H2,1-3H3,(H,26,27). The molecule has 1 N–H and O–H groups in total. The Morgan fingerprint density at radius 3 is 2.50 bits per heavy atom. The number of nitrogens with one attached hydrogen (secondary N) is 1. The van der Waals surface area contributed by atoms with E-state index in [1.165, 1.54) is 24.3 Å². The molecular formula is C24H20FNO4. The van der Waals surface area contributed by atoms with Crippen LogP contribution >= 0.6 is 0 Å². The molecule has 3 aromatic carbocycles. The van der Waals surface area contributed by atoms with Crippen LogP contribution in [0.4, 0.5) is 10.1 Å². The molecule has 0 fully saturated rings. The molecule has 5 nitrogen and oxygen atoms in total. The van der Waals surface area contributed by atoms with Crippen LogP contribution in [0.15, 0.2) is 57.7 Å².